The van der Waals surface area contributed by atoms with E-state index in [1.54, 1.807) is 35.2 Å². The third-order valence-corrected chi connectivity index (χ3v) is 6.83. The molecule has 0 fully saturated rings. The molecule has 0 aliphatic carbocycles. The second-order valence-electron chi connectivity index (χ2n) is 9.43. The highest BCUT2D eigenvalue weighted by atomic mass is 16.6. The number of nitro benzene ring substituents is 1. The summed E-state index contributed by atoms with van der Waals surface area (Å²) in [6.45, 7) is 4.30. The van der Waals surface area contributed by atoms with Crippen molar-refractivity contribution in [3.8, 4) is 11.4 Å². The van der Waals surface area contributed by atoms with Crippen LogP contribution in [0, 0.1) is 10.1 Å². The van der Waals surface area contributed by atoms with E-state index in [2.05, 4.69) is 0 Å². The third-order valence-electron chi connectivity index (χ3n) is 6.83. The highest BCUT2D eigenvalue weighted by Crippen LogP contribution is 2.30. The van der Waals surface area contributed by atoms with Gasteiger partial charge in [-0.15, -0.1) is 0 Å². The second kappa shape index (κ2) is 11.8. The number of para-hydroxylation sites is 3. The molecule has 0 spiro atoms. The van der Waals surface area contributed by atoms with E-state index in [1.165, 1.54) is 28.8 Å². The van der Waals surface area contributed by atoms with Crippen molar-refractivity contribution in [3.05, 3.63) is 141 Å². The fourth-order valence-corrected chi connectivity index (χ4v) is 4.78. The summed E-state index contributed by atoms with van der Waals surface area (Å²) < 4.78 is 7.39. The predicted octanol–water partition coefficient (Wildman–Crippen LogP) is 6.10. The van der Waals surface area contributed by atoms with Crippen molar-refractivity contribution in [1.82, 2.24) is 14.5 Å². The Morgan fingerprint density at radius 3 is 2.32 bits per heavy atom. The van der Waals surface area contributed by atoms with Crippen LogP contribution in [0.4, 0.5) is 5.69 Å². The monoisotopic (exact) mass is 548 g/mol. The van der Waals surface area contributed by atoms with Crippen molar-refractivity contribution in [2.75, 3.05) is 6.61 Å². The zero-order valence-electron chi connectivity index (χ0n) is 22.6. The number of aromatic nitrogens is 2. The summed E-state index contributed by atoms with van der Waals surface area (Å²) in [6, 6.07) is 28.6. The predicted molar refractivity (Wildman–Crippen MR) is 156 cm³/mol. The third kappa shape index (κ3) is 5.56. The van der Waals surface area contributed by atoms with E-state index < -0.39 is 11.0 Å². The Bertz CT molecular complexity index is 1770. The zero-order valence-corrected chi connectivity index (χ0v) is 22.6. The number of hydrogen-bond donors (Lipinski definition) is 0. The smallest absolute Gasteiger partial charge is 0.269 e. The first-order valence-electron chi connectivity index (χ1n) is 13.2. The Kier molecular flexibility index (Phi) is 7.87. The fourth-order valence-electron chi connectivity index (χ4n) is 4.78. The molecule has 0 saturated carbocycles. The van der Waals surface area contributed by atoms with Gasteiger partial charge in [0.15, 0.2) is 0 Å². The van der Waals surface area contributed by atoms with Crippen molar-refractivity contribution in [3.63, 3.8) is 0 Å². The van der Waals surface area contributed by atoms with Crippen molar-refractivity contribution < 1.29 is 14.5 Å². The van der Waals surface area contributed by atoms with Crippen LogP contribution in [0.1, 0.15) is 41.6 Å². The number of non-ortho nitro benzene ring substituents is 1. The van der Waals surface area contributed by atoms with Crippen LogP contribution in [0.15, 0.2) is 108 Å². The highest BCUT2D eigenvalue weighted by Gasteiger charge is 2.29. The Hall–Kier alpha value is -5.31. The molecule has 0 radical (unpaired) electrons. The minimum Gasteiger partial charge on any atom is -0.492 e. The molecule has 5 rings (SSSR count). The van der Waals surface area contributed by atoms with E-state index >= 15 is 0 Å². The molecular weight excluding hydrogens is 520 g/mol. The van der Waals surface area contributed by atoms with E-state index in [9.17, 15) is 19.7 Å². The molecule has 1 aromatic heterocycles. The van der Waals surface area contributed by atoms with Crippen LogP contribution in [0.5, 0.6) is 5.75 Å². The number of carbonyl (C=O) groups excluding carboxylic acids is 1. The first-order chi connectivity index (χ1) is 19.9. The minimum atomic E-state index is -0.690. The number of fused-ring (bicyclic) bond motifs is 1. The first kappa shape index (κ1) is 27.3. The first-order valence-corrected chi connectivity index (χ1v) is 13.2. The summed E-state index contributed by atoms with van der Waals surface area (Å²) in [5.74, 6) is 0.509. The average Bonchev–Trinajstić information content (AvgIpc) is 3.00. The molecule has 9 heteroatoms. The molecule has 206 valence electrons. The average molecular weight is 549 g/mol. The quantitative estimate of drug-likeness (QED) is 0.163. The van der Waals surface area contributed by atoms with E-state index in [-0.39, 0.29) is 29.3 Å². The molecule has 1 unspecified atom stereocenters. The standard InChI is InChI=1S/C32H28N4O5/c1-3-41-29-16-10-9-15-28(29)35-30(33-27-14-8-7-13-26(27)32(35)38)22(2)34(21-23-11-5-4-6-12-23)31(37)24-17-19-25(20-18-24)36(39)40/h4-20,22H,3,21H2,1-2H3. The highest BCUT2D eigenvalue weighted by molar-refractivity contribution is 5.94. The van der Waals surface area contributed by atoms with Crippen molar-refractivity contribution in [2.24, 2.45) is 0 Å². The van der Waals surface area contributed by atoms with E-state index in [4.69, 9.17) is 9.72 Å². The molecule has 0 aliphatic rings. The molecule has 1 amide bonds. The molecular formula is C32H28N4O5. The Balaban J connectivity index is 1.70. The number of carbonyl (C=O) groups is 1. The van der Waals surface area contributed by atoms with Crippen LogP contribution in [0.3, 0.4) is 0 Å². The number of hydrogen-bond acceptors (Lipinski definition) is 6. The van der Waals surface area contributed by atoms with Gasteiger partial charge >= 0.3 is 0 Å². The molecule has 0 aliphatic heterocycles. The van der Waals surface area contributed by atoms with Crippen LogP contribution < -0.4 is 10.3 Å². The number of nitrogens with zero attached hydrogens (tertiary/aromatic N) is 4. The van der Waals surface area contributed by atoms with Gasteiger partial charge in [-0.3, -0.25) is 24.3 Å². The van der Waals surface area contributed by atoms with Crippen LogP contribution in [0.25, 0.3) is 16.6 Å². The molecule has 1 heterocycles. The molecule has 9 nitrogen and oxygen atoms in total. The molecule has 0 bridgehead atoms. The van der Waals surface area contributed by atoms with Crippen LogP contribution in [-0.4, -0.2) is 31.9 Å². The van der Waals surface area contributed by atoms with Gasteiger partial charge in [-0.25, -0.2) is 4.98 Å². The SMILES string of the molecule is CCOc1ccccc1-n1c(C(C)N(Cc2ccccc2)C(=O)c2ccc([N+](=O)[O-])cc2)nc2ccccc2c1=O. The van der Waals surface area contributed by atoms with Crippen molar-refractivity contribution in [1.29, 1.82) is 0 Å². The lowest BCUT2D eigenvalue weighted by atomic mass is 10.1. The molecule has 4 aromatic carbocycles. The van der Waals surface area contributed by atoms with Gasteiger partial charge in [-0.1, -0.05) is 54.6 Å². The van der Waals surface area contributed by atoms with Crippen LogP contribution in [0.2, 0.25) is 0 Å². The van der Waals surface area contributed by atoms with Crippen LogP contribution in [-0.2, 0) is 6.54 Å². The summed E-state index contributed by atoms with van der Waals surface area (Å²) in [4.78, 5) is 45.3. The number of nitro groups is 1. The van der Waals surface area contributed by atoms with Gasteiger partial charge in [0.1, 0.15) is 11.6 Å². The molecule has 1 atom stereocenters. The van der Waals surface area contributed by atoms with Gasteiger partial charge in [0.25, 0.3) is 17.2 Å². The zero-order chi connectivity index (χ0) is 28.9. The molecule has 0 N–H and O–H groups in total. The fraction of sp³-hybridized carbons (Fsp3) is 0.156. The van der Waals surface area contributed by atoms with Gasteiger partial charge in [0, 0.05) is 24.2 Å². The van der Waals surface area contributed by atoms with E-state index in [0.29, 0.717) is 34.8 Å². The Labute approximate surface area is 236 Å². The maximum Gasteiger partial charge on any atom is 0.269 e. The lowest BCUT2D eigenvalue weighted by Crippen LogP contribution is -2.37. The Morgan fingerprint density at radius 1 is 0.951 bits per heavy atom. The van der Waals surface area contributed by atoms with Gasteiger partial charge in [0.05, 0.1) is 34.2 Å². The molecule has 0 saturated heterocycles. The minimum absolute atomic E-state index is 0.109. The maximum atomic E-state index is 14.0. The summed E-state index contributed by atoms with van der Waals surface area (Å²) in [5.41, 5.74) is 1.78. The Morgan fingerprint density at radius 2 is 1.61 bits per heavy atom. The van der Waals surface area contributed by atoms with Gasteiger partial charge in [-0.2, -0.15) is 0 Å². The van der Waals surface area contributed by atoms with Crippen molar-refractivity contribution >= 4 is 22.5 Å². The van der Waals surface area contributed by atoms with Gasteiger partial charge in [0.2, 0.25) is 0 Å². The summed E-state index contributed by atoms with van der Waals surface area (Å²) in [5, 5.41) is 11.6. The van der Waals surface area contributed by atoms with Crippen LogP contribution >= 0.6 is 0 Å². The van der Waals surface area contributed by atoms with Crippen molar-refractivity contribution in [2.45, 2.75) is 26.4 Å². The lowest BCUT2D eigenvalue weighted by Gasteiger charge is -2.31. The number of benzene rings is 4. The summed E-state index contributed by atoms with van der Waals surface area (Å²) in [6.07, 6.45) is 0. The summed E-state index contributed by atoms with van der Waals surface area (Å²) >= 11 is 0. The lowest BCUT2D eigenvalue weighted by molar-refractivity contribution is -0.384. The topological polar surface area (TPSA) is 108 Å². The second-order valence-corrected chi connectivity index (χ2v) is 9.43. The van der Waals surface area contributed by atoms with E-state index in [1.807, 2.05) is 62.4 Å². The van der Waals surface area contributed by atoms with E-state index in [0.717, 1.165) is 5.56 Å². The molecule has 41 heavy (non-hydrogen) atoms. The number of ether oxygens (including phenoxy) is 1. The van der Waals surface area contributed by atoms with Gasteiger partial charge < -0.3 is 9.64 Å². The maximum absolute atomic E-state index is 14.0. The normalized spacial score (nSPS) is 11.7. The van der Waals surface area contributed by atoms with Gasteiger partial charge in [-0.05, 0) is 55.8 Å². The number of amides is 1. The molecule has 5 aromatic rings. The summed E-state index contributed by atoms with van der Waals surface area (Å²) in [7, 11) is 0. The largest absolute Gasteiger partial charge is 0.492 e. The number of rotatable bonds is 9.